The van der Waals surface area contributed by atoms with Crippen LogP contribution in [0, 0.1) is 0 Å². The van der Waals surface area contributed by atoms with Crippen LogP contribution in [0.1, 0.15) is 42.6 Å². The molecular formula is C23H26N4O2S. The van der Waals surface area contributed by atoms with Crippen LogP contribution in [0.3, 0.4) is 0 Å². The van der Waals surface area contributed by atoms with Gasteiger partial charge in [-0.3, -0.25) is 4.79 Å². The molecule has 1 aromatic heterocycles. The predicted molar refractivity (Wildman–Crippen MR) is 118 cm³/mol. The number of amides is 1. The normalized spacial score (nSPS) is 14.3. The number of benzene rings is 2. The van der Waals surface area contributed by atoms with Crippen LogP contribution in [-0.4, -0.2) is 33.0 Å². The zero-order valence-corrected chi connectivity index (χ0v) is 18.1. The van der Waals surface area contributed by atoms with Crippen molar-refractivity contribution in [3.05, 3.63) is 71.5 Å². The van der Waals surface area contributed by atoms with Crippen LogP contribution in [0.5, 0.6) is 5.75 Å². The number of hydrogen-bond donors (Lipinski definition) is 1. The molecule has 7 heteroatoms. The minimum atomic E-state index is -0.287. The Balaban J connectivity index is 1.43. The molecule has 1 atom stereocenters. The molecule has 0 aliphatic heterocycles. The SMILES string of the molecule is COc1ccccc1CNC(=O)[C@@H](C)Sc1nnc(C2CC2)n1Cc1ccccc1. The fourth-order valence-electron chi connectivity index (χ4n) is 3.33. The zero-order valence-electron chi connectivity index (χ0n) is 17.2. The van der Waals surface area contributed by atoms with Gasteiger partial charge in [0.1, 0.15) is 11.6 Å². The molecule has 0 spiro atoms. The summed E-state index contributed by atoms with van der Waals surface area (Å²) in [5.74, 6) is 2.26. The van der Waals surface area contributed by atoms with Crippen molar-refractivity contribution in [1.29, 1.82) is 0 Å². The number of para-hydroxylation sites is 1. The number of nitrogens with zero attached hydrogens (tertiary/aromatic N) is 3. The number of carbonyl (C=O) groups is 1. The van der Waals surface area contributed by atoms with E-state index in [2.05, 4.69) is 32.2 Å². The second-order valence-corrected chi connectivity index (χ2v) is 8.78. The lowest BCUT2D eigenvalue weighted by atomic mass is 10.2. The standard InChI is InChI=1S/C23H26N4O2S/c1-16(22(28)24-14-19-10-6-7-11-20(19)29-2)30-23-26-25-21(18-12-13-18)27(23)15-17-8-4-3-5-9-17/h3-11,16,18H,12-15H2,1-2H3,(H,24,28)/t16-/m1/s1. The summed E-state index contributed by atoms with van der Waals surface area (Å²) in [7, 11) is 1.64. The third-order valence-electron chi connectivity index (χ3n) is 5.17. The highest BCUT2D eigenvalue weighted by molar-refractivity contribution is 8.00. The number of aromatic nitrogens is 3. The van der Waals surface area contributed by atoms with Gasteiger partial charge in [0, 0.05) is 18.0 Å². The summed E-state index contributed by atoms with van der Waals surface area (Å²) < 4.78 is 7.53. The summed E-state index contributed by atoms with van der Waals surface area (Å²) in [6, 6.07) is 18.0. The molecule has 2 aromatic carbocycles. The van der Waals surface area contributed by atoms with Gasteiger partial charge in [-0.25, -0.2) is 0 Å². The average molecular weight is 423 g/mol. The molecule has 4 rings (SSSR count). The Morgan fingerprint density at radius 1 is 1.17 bits per heavy atom. The van der Waals surface area contributed by atoms with Crippen LogP contribution >= 0.6 is 11.8 Å². The number of carbonyl (C=O) groups excluding carboxylic acids is 1. The third-order valence-corrected chi connectivity index (χ3v) is 6.25. The van der Waals surface area contributed by atoms with E-state index < -0.39 is 0 Å². The van der Waals surface area contributed by atoms with Crippen molar-refractivity contribution in [2.45, 2.75) is 49.2 Å². The predicted octanol–water partition coefficient (Wildman–Crippen LogP) is 4.01. The molecule has 0 saturated heterocycles. The molecule has 1 N–H and O–H groups in total. The summed E-state index contributed by atoms with van der Waals surface area (Å²) in [4.78, 5) is 12.7. The van der Waals surface area contributed by atoms with E-state index in [1.807, 2.05) is 49.4 Å². The Hall–Kier alpha value is -2.80. The Morgan fingerprint density at radius 3 is 2.63 bits per heavy atom. The second-order valence-electron chi connectivity index (χ2n) is 7.48. The Labute approximate surface area is 181 Å². The minimum absolute atomic E-state index is 0.0341. The van der Waals surface area contributed by atoms with Crippen molar-refractivity contribution in [1.82, 2.24) is 20.1 Å². The molecule has 3 aromatic rings. The van der Waals surface area contributed by atoms with Gasteiger partial charge < -0.3 is 14.6 Å². The van der Waals surface area contributed by atoms with Gasteiger partial charge in [0.2, 0.25) is 5.91 Å². The van der Waals surface area contributed by atoms with E-state index in [0.29, 0.717) is 12.5 Å². The van der Waals surface area contributed by atoms with Gasteiger partial charge in [-0.15, -0.1) is 10.2 Å². The fourth-order valence-corrected chi connectivity index (χ4v) is 4.21. The molecule has 1 aliphatic rings. The van der Waals surface area contributed by atoms with Crippen LogP contribution in [0.25, 0.3) is 0 Å². The van der Waals surface area contributed by atoms with Gasteiger partial charge in [-0.05, 0) is 31.4 Å². The number of hydrogen-bond acceptors (Lipinski definition) is 5. The molecule has 30 heavy (non-hydrogen) atoms. The quantitative estimate of drug-likeness (QED) is 0.528. The van der Waals surface area contributed by atoms with Crippen LogP contribution in [0.2, 0.25) is 0 Å². The summed E-state index contributed by atoms with van der Waals surface area (Å²) >= 11 is 1.45. The number of nitrogens with one attached hydrogen (secondary N) is 1. The van der Waals surface area contributed by atoms with Crippen LogP contribution < -0.4 is 10.1 Å². The lowest BCUT2D eigenvalue weighted by molar-refractivity contribution is -0.120. The number of thioether (sulfide) groups is 1. The van der Waals surface area contributed by atoms with E-state index in [0.717, 1.165) is 41.7 Å². The molecule has 1 fully saturated rings. The van der Waals surface area contributed by atoms with Crippen LogP contribution in [0.15, 0.2) is 59.8 Å². The molecular weight excluding hydrogens is 396 g/mol. The number of rotatable bonds is 9. The third kappa shape index (κ3) is 4.84. The molecule has 0 radical (unpaired) electrons. The Bertz CT molecular complexity index is 1000. The first-order valence-electron chi connectivity index (χ1n) is 10.2. The smallest absolute Gasteiger partial charge is 0.233 e. The number of ether oxygens (including phenoxy) is 1. The van der Waals surface area contributed by atoms with E-state index in [9.17, 15) is 4.79 Å². The molecule has 1 amide bonds. The van der Waals surface area contributed by atoms with Crippen LogP contribution in [0.4, 0.5) is 0 Å². The molecule has 1 heterocycles. The van der Waals surface area contributed by atoms with Gasteiger partial charge >= 0.3 is 0 Å². The first kappa shape index (κ1) is 20.5. The van der Waals surface area contributed by atoms with Gasteiger partial charge in [0.15, 0.2) is 5.16 Å². The summed E-state index contributed by atoms with van der Waals surface area (Å²) in [6.45, 7) is 3.05. The lowest BCUT2D eigenvalue weighted by Gasteiger charge is -2.15. The minimum Gasteiger partial charge on any atom is -0.496 e. The Kier molecular flexibility index (Phi) is 6.38. The molecule has 0 bridgehead atoms. The van der Waals surface area contributed by atoms with Gasteiger partial charge in [0.25, 0.3) is 0 Å². The van der Waals surface area contributed by atoms with Gasteiger partial charge in [0.05, 0.1) is 18.9 Å². The van der Waals surface area contributed by atoms with Crippen molar-refractivity contribution in [2.75, 3.05) is 7.11 Å². The summed E-state index contributed by atoms with van der Waals surface area (Å²) in [5.41, 5.74) is 2.16. The summed E-state index contributed by atoms with van der Waals surface area (Å²) in [5, 5.41) is 12.4. The average Bonchev–Trinajstić information content (AvgIpc) is 3.55. The van der Waals surface area contributed by atoms with Crippen LogP contribution in [-0.2, 0) is 17.9 Å². The second kappa shape index (κ2) is 9.34. The maximum Gasteiger partial charge on any atom is 0.233 e. The van der Waals surface area contributed by atoms with Crippen molar-refractivity contribution in [3.8, 4) is 5.75 Å². The van der Waals surface area contributed by atoms with E-state index in [-0.39, 0.29) is 11.2 Å². The molecule has 1 aliphatic carbocycles. The molecule has 6 nitrogen and oxygen atoms in total. The van der Waals surface area contributed by atoms with Crippen molar-refractivity contribution in [3.63, 3.8) is 0 Å². The maximum absolute atomic E-state index is 12.7. The van der Waals surface area contributed by atoms with E-state index in [1.54, 1.807) is 7.11 Å². The zero-order chi connectivity index (χ0) is 20.9. The van der Waals surface area contributed by atoms with Crippen molar-refractivity contribution < 1.29 is 9.53 Å². The highest BCUT2D eigenvalue weighted by atomic mass is 32.2. The van der Waals surface area contributed by atoms with E-state index >= 15 is 0 Å². The van der Waals surface area contributed by atoms with Gasteiger partial charge in [-0.1, -0.05) is 60.3 Å². The van der Waals surface area contributed by atoms with Gasteiger partial charge in [-0.2, -0.15) is 0 Å². The molecule has 0 unspecified atom stereocenters. The number of methoxy groups -OCH3 is 1. The van der Waals surface area contributed by atoms with E-state index in [1.165, 1.54) is 17.3 Å². The van der Waals surface area contributed by atoms with Crippen molar-refractivity contribution >= 4 is 17.7 Å². The lowest BCUT2D eigenvalue weighted by Crippen LogP contribution is -2.30. The summed E-state index contributed by atoms with van der Waals surface area (Å²) in [6.07, 6.45) is 2.32. The van der Waals surface area contributed by atoms with E-state index in [4.69, 9.17) is 4.74 Å². The van der Waals surface area contributed by atoms with Crippen molar-refractivity contribution in [2.24, 2.45) is 0 Å². The largest absolute Gasteiger partial charge is 0.496 e. The fraction of sp³-hybridized carbons (Fsp3) is 0.348. The molecule has 156 valence electrons. The first-order chi connectivity index (χ1) is 14.7. The molecule has 1 saturated carbocycles. The highest BCUT2D eigenvalue weighted by Crippen LogP contribution is 2.40. The highest BCUT2D eigenvalue weighted by Gasteiger charge is 2.31. The monoisotopic (exact) mass is 422 g/mol. The topological polar surface area (TPSA) is 69.0 Å². The first-order valence-corrected chi connectivity index (χ1v) is 11.1. The maximum atomic E-state index is 12.7. The Morgan fingerprint density at radius 2 is 1.90 bits per heavy atom.